The fraction of sp³-hybridized carbons (Fsp3) is 0.444. The molecule has 0 rings (SSSR count). The van der Waals surface area contributed by atoms with E-state index >= 15 is 0 Å². The molecule has 2 N–H and O–H groups in total. The number of ether oxygens (including phenoxy) is 1. The van der Waals surface area contributed by atoms with E-state index in [4.69, 9.17) is 5.11 Å². The smallest absolute Gasteiger partial charge is 0.306 e. The van der Waals surface area contributed by atoms with Crippen LogP contribution in [0.5, 0.6) is 0 Å². The number of amides is 1. The maximum atomic E-state index is 10.8. The van der Waals surface area contributed by atoms with Gasteiger partial charge in [-0.25, -0.2) is 0 Å². The van der Waals surface area contributed by atoms with Crippen LogP contribution >= 0.6 is 0 Å². The van der Waals surface area contributed by atoms with Crippen molar-refractivity contribution in [3.63, 3.8) is 0 Å². The first-order valence-corrected chi connectivity index (χ1v) is 4.34. The highest BCUT2D eigenvalue weighted by atomic mass is 16.5. The number of carbonyl (C=O) groups excluding carboxylic acids is 2. The van der Waals surface area contributed by atoms with E-state index in [1.54, 1.807) is 0 Å². The normalized spacial score (nSPS) is 9.07. The molecule has 0 radical (unpaired) electrons. The fourth-order valence-corrected chi connectivity index (χ4v) is 0.692. The lowest BCUT2D eigenvalue weighted by molar-refractivity contribution is -0.147. The van der Waals surface area contributed by atoms with Crippen LogP contribution in [0.25, 0.3) is 0 Å². The first-order valence-electron chi connectivity index (χ1n) is 4.34. The Hall–Kier alpha value is -1.85. The summed E-state index contributed by atoms with van der Waals surface area (Å²) in [5.41, 5.74) is 0. The summed E-state index contributed by atoms with van der Waals surface area (Å²) >= 11 is 0. The molecule has 6 nitrogen and oxygen atoms in total. The van der Waals surface area contributed by atoms with Crippen LogP contribution in [0.15, 0.2) is 12.7 Å². The molecule has 0 bridgehead atoms. The molecule has 0 heterocycles. The molecular formula is C9H13NO5. The Morgan fingerprint density at radius 2 is 2.00 bits per heavy atom. The highest BCUT2D eigenvalue weighted by molar-refractivity contribution is 5.86. The molecule has 0 aromatic rings. The third-order valence-electron chi connectivity index (χ3n) is 1.39. The second kappa shape index (κ2) is 7.54. The van der Waals surface area contributed by atoms with Crippen molar-refractivity contribution in [2.45, 2.75) is 12.8 Å². The Balaban J connectivity index is 3.43. The third kappa shape index (κ3) is 8.48. The van der Waals surface area contributed by atoms with E-state index in [0.717, 1.165) is 6.08 Å². The van der Waals surface area contributed by atoms with Gasteiger partial charge in [0.2, 0.25) is 5.91 Å². The topological polar surface area (TPSA) is 92.7 Å². The summed E-state index contributed by atoms with van der Waals surface area (Å²) in [4.78, 5) is 31.6. The van der Waals surface area contributed by atoms with Gasteiger partial charge in [-0.05, 0) is 6.08 Å². The number of nitrogens with one attached hydrogen (secondary N) is 1. The van der Waals surface area contributed by atoms with Gasteiger partial charge >= 0.3 is 11.9 Å². The molecule has 84 valence electrons. The molecule has 6 heteroatoms. The van der Waals surface area contributed by atoms with Gasteiger partial charge in [0.1, 0.15) is 6.61 Å². The number of carbonyl (C=O) groups is 3. The van der Waals surface area contributed by atoms with Gasteiger partial charge in [-0.3, -0.25) is 14.4 Å². The summed E-state index contributed by atoms with van der Waals surface area (Å²) in [5, 5.41) is 10.7. The first kappa shape index (κ1) is 13.2. The third-order valence-corrected chi connectivity index (χ3v) is 1.39. The second-order valence-corrected chi connectivity index (χ2v) is 2.61. The largest absolute Gasteiger partial charge is 0.481 e. The molecule has 0 unspecified atom stereocenters. The molecule has 0 saturated carbocycles. The molecule has 0 aliphatic rings. The average Bonchev–Trinajstić information content (AvgIpc) is 2.21. The van der Waals surface area contributed by atoms with Crippen molar-refractivity contribution in [2.75, 3.05) is 13.2 Å². The monoisotopic (exact) mass is 215 g/mol. The van der Waals surface area contributed by atoms with Gasteiger partial charge in [0, 0.05) is 0 Å². The number of hydrogen-bond acceptors (Lipinski definition) is 4. The molecular weight excluding hydrogens is 202 g/mol. The number of rotatable bonds is 7. The minimum absolute atomic E-state index is 0.0258. The minimum Gasteiger partial charge on any atom is -0.481 e. The first-order chi connectivity index (χ1) is 7.06. The number of esters is 1. The molecule has 0 fully saturated rings. The quantitative estimate of drug-likeness (QED) is 0.345. The van der Waals surface area contributed by atoms with Crippen LogP contribution < -0.4 is 5.32 Å². The van der Waals surface area contributed by atoms with Crippen molar-refractivity contribution in [3.05, 3.63) is 12.7 Å². The molecule has 0 spiro atoms. The van der Waals surface area contributed by atoms with Crippen molar-refractivity contribution in [2.24, 2.45) is 0 Å². The fourth-order valence-electron chi connectivity index (χ4n) is 0.692. The van der Waals surface area contributed by atoms with Crippen molar-refractivity contribution in [3.8, 4) is 0 Å². The van der Waals surface area contributed by atoms with Gasteiger partial charge in [-0.2, -0.15) is 0 Å². The second-order valence-electron chi connectivity index (χ2n) is 2.61. The number of carboxylic acid groups (broad SMARTS) is 1. The molecule has 0 aromatic heterocycles. The summed E-state index contributed by atoms with van der Waals surface area (Å²) in [7, 11) is 0. The van der Waals surface area contributed by atoms with Crippen molar-refractivity contribution in [1.29, 1.82) is 0 Å². The van der Waals surface area contributed by atoms with Crippen LogP contribution in [0.4, 0.5) is 0 Å². The van der Waals surface area contributed by atoms with Crippen molar-refractivity contribution >= 4 is 17.8 Å². The van der Waals surface area contributed by atoms with Crippen LogP contribution in [0, 0.1) is 0 Å². The van der Waals surface area contributed by atoms with Crippen LogP contribution in [0.3, 0.4) is 0 Å². The van der Waals surface area contributed by atoms with Crippen LogP contribution in [0.2, 0.25) is 0 Å². The van der Waals surface area contributed by atoms with Gasteiger partial charge in [-0.15, -0.1) is 0 Å². The maximum Gasteiger partial charge on any atom is 0.306 e. The van der Waals surface area contributed by atoms with Gasteiger partial charge in [0.25, 0.3) is 0 Å². The number of hydrogen-bond donors (Lipinski definition) is 2. The van der Waals surface area contributed by atoms with E-state index in [1.165, 1.54) is 0 Å². The highest BCUT2D eigenvalue weighted by Crippen LogP contribution is 1.92. The Bertz CT molecular complexity index is 261. The zero-order valence-electron chi connectivity index (χ0n) is 8.19. The Morgan fingerprint density at radius 1 is 1.33 bits per heavy atom. The Kier molecular flexibility index (Phi) is 6.61. The molecule has 15 heavy (non-hydrogen) atoms. The summed E-state index contributed by atoms with van der Waals surface area (Å²) < 4.78 is 4.64. The Morgan fingerprint density at radius 3 is 2.53 bits per heavy atom. The lowest BCUT2D eigenvalue weighted by Crippen LogP contribution is -2.26. The minimum atomic E-state index is -1.05. The molecule has 0 aliphatic heterocycles. The molecule has 0 aliphatic carbocycles. The Labute approximate surface area is 86.9 Å². The van der Waals surface area contributed by atoms with Crippen molar-refractivity contribution in [1.82, 2.24) is 5.32 Å². The molecule has 0 atom stereocenters. The number of carboxylic acids is 1. The highest BCUT2D eigenvalue weighted by Gasteiger charge is 2.05. The summed E-state index contributed by atoms with van der Waals surface area (Å²) in [5.74, 6) is -1.99. The van der Waals surface area contributed by atoms with E-state index in [0.29, 0.717) is 0 Å². The van der Waals surface area contributed by atoms with Gasteiger partial charge in [-0.1, -0.05) is 6.58 Å². The average molecular weight is 215 g/mol. The maximum absolute atomic E-state index is 10.8. The van der Waals surface area contributed by atoms with E-state index < -0.39 is 11.9 Å². The van der Waals surface area contributed by atoms with E-state index in [9.17, 15) is 14.4 Å². The van der Waals surface area contributed by atoms with Crippen LogP contribution in [-0.2, 0) is 19.1 Å². The lowest BCUT2D eigenvalue weighted by Gasteiger charge is -2.04. The van der Waals surface area contributed by atoms with E-state index in [-0.39, 0.29) is 31.9 Å². The predicted molar refractivity (Wildman–Crippen MR) is 51.0 cm³/mol. The SMILES string of the molecule is C=CC(=O)NCCOC(=O)CCC(=O)O. The predicted octanol–water partition coefficient (Wildman–Crippen LogP) is -0.303. The zero-order chi connectivity index (χ0) is 11.7. The number of aliphatic carboxylic acids is 1. The van der Waals surface area contributed by atoms with E-state index in [1.807, 2.05) is 0 Å². The van der Waals surface area contributed by atoms with Crippen LogP contribution in [-0.4, -0.2) is 36.1 Å². The molecule has 0 aromatic carbocycles. The summed E-state index contributed by atoms with van der Waals surface area (Å²) in [6.45, 7) is 3.45. The summed E-state index contributed by atoms with van der Waals surface area (Å²) in [6, 6.07) is 0. The standard InChI is InChI=1S/C9H13NO5/c1-2-7(11)10-5-6-15-9(14)4-3-8(12)13/h2H,1,3-6H2,(H,10,11)(H,12,13). The lowest BCUT2D eigenvalue weighted by atomic mass is 10.3. The van der Waals surface area contributed by atoms with Gasteiger partial charge in [0.15, 0.2) is 0 Å². The van der Waals surface area contributed by atoms with E-state index in [2.05, 4.69) is 16.6 Å². The van der Waals surface area contributed by atoms with Crippen LogP contribution in [0.1, 0.15) is 12.8 Å². The van der Waals surface area contributed by atoms with Crippen molar-refractivity contribution < 1.29 is 24.2 Å². The zero-order valence-corrected chi connectivity index (χ0v) is 8.19. The molecule has 1 amide bonds. The molecule has 0 saturated heterocycles. The summed E-state index contributed by atoms with van der Waals surface area (Å²) in [6.07, 6.45) is 0.689. The van der Waals surface area contributed by atoms with Gasteiger partial charge in [0.05, 0.1) is 19.4 Å². The van der Waals surface area contributed by atoms with Gasteiger partial charge < -0.3 is 15.2 Å².